The van der Waals surface area contributed by atoms with Crippen molar-refractivity contribution in [2.75, 3.05) is 7.05 Å². The van der Waals surface area contributed by atoms with Gasteiger partial charge in [-0.15, -0.1) is 0 Å². The van der Waals surface area contributed by atoms with Crippen LogP contribution in [0.5, 0.6) is 0 Å². The van der Waals surface area contributed by atoms with Gasteiger partial charge in [0.15, 0.2) is 0 Å². The second kappa shape index (κ2) is 6.49. The molecule has 0 radical (unpaired) electrons. The molecule has 1 rings (SSSR count). The molecule has 0 aliphatic carbocycles. The number of thiocarbonyl (C=S) groups is 1. The average molecular weight is 278 g/mol. The fourth-order valence-electron chi connectivity index (χ4n) is 2.00. The molecule has 106 valence electrons. The summed E-state index contributed by atoms with van der Waals surface area (Å²) in [7, 11) is 2.11. The van der Waals surface area contributed by atoms with Crippen LogP contribution in [0.1, 0.15) is 45.2 Å². The summed E-state index contributed by atoms with van der Waals surface area (Å²) < 4.78 is 0. The van der Waals surface area contributed by atoms with E-state index in [4.69, 9.17) is 18.0 Å². The molecule has 0 saturated carbocycles. The van der Waals surface area contributed by atoms with E-state index in [0.29, 0.717) is 11.0 Å². The highest BCUT2D eigenvalue weighted by Crippen LogP contribution is 2.22. The van der Waals surface area contributed by atoms with Crippen molar-refractivity contribution in [3.63, 3.8) is 0 Å². The van der Waals surface area contributed by atoms with Crippen molar-refractivity contribution >= 4 is 17.2 Å². The van der Waals surface area contributed by atoms with Crippen molar-refractivity contribution < 1.29 is 0 Å². The minimum absolute atomic E-state index is 0.212. The van der Waals surface area contributed by atoms with E-state index in [1.165, 1.54) is 11.1 Å². The first-order valence-electron chi connectivity index (χ1n) is 6.78. The van der Waals surface area contributed by atoms with E-state index in [-0.39, 0.29) is 5.41 Å². The quantitative estimate of drug-likeness (QED) is 0.836. The van der Waals surface area contributed by atoms with E-state index in [0.717, 1.165) is 13.0 Å². The summed E-state index contributed by atoms with van der Waals surface area (Å²) in [5, 5.41) is 0. The summed E-state index contributed by atoms with van der Waals surface area (Å²) >= 11 is 4.96. The van der Waals surface area contributed by atoms with Crippen molar-refractivity contribution in [2.24, 2.45) is 5.73 Å². The number of nitrogens with two attached hydrogens (primary N) is 1. The molecule has 0 aliphatic heterocycles. The Morgan fingerprint density at radius 3 is 2.21 bits per heavy atom. The maximum Gasteiger partial charge on any atom is 0.0742 e. The van der Waals surface area contributed by atoms with Crippen LogP contribution in [-0.2, 0) is 12.0 Å². The molecule has 1 unspecified atom stereocenters. The van der Waals surface area contributed by atoms with Gasteiger partial charge in [0.05, 0.1) is 4.99 Å². The van der Waals surface area contributed by atoms with Gasteiger partial charge in [-0.3, -0.25) is 4.90 Å². The molecule has 19 heavy (non-hydrogen) atoms. The fourth-order valence-corrected chi connectivity index (χ4v) is 2.24. The molecular formula is C16H26N2S. The molecule has 1 aromatic rings. The molecule has 2 N–H and O–H groups in total. The predicted octanol–water partition coefficient (Wildman–Crippen LogP) is 3.48. The molecule has 1 atom stereocenters. The average Bonchev–Trinajstić information content (AvgIpc) is 2.27. The second-order valence-corrected chi connectivity index (χ2v) is 6.91. The summed E-state index contributed by atoms with van der Waals surface area (Å²) in [4.78, 5) is 2.87. The molecule has 2 nitrogen and oxygen atoms in total. The van der Waals surface area contributed by atoms with Crippen LogP contribution in [0.15, 0.2) is 24.3 Å². The minimum Gasteiger partial charge on any atom is -0.393 e. The Balaban J connectivity index is 2.65. The first-order valence-corrected chi connectivity index (χ1v) is 7.19. The number of hydrogen-bond acceptors (Lipinski definition) is 2. The molecule has 0 heterocycles. The third-order valence-corrected chi connectivity index (χ3v) is 3.67. The lowest BCUT2D eigenvalue weighted by Crippen LogP contribution is -2.32. The van der Waals surface area contributed by atoms with Gasteiger partial charge in [0, 0.05) is 19.0 Å². The van der Waals surface area contributed by atoms with Crippen molar-refractivity contribution in [3.8, 4) is 0 Å². The van der Waals surface area contributed by atoms with Crippen LogP contribution in [0.3, 0.4) is 0 Å². The van der Waals surface area contributed by atoms with E-state index in [1.54, 1.807) is 0 Å². The van der Waals surface area contributed by atoms with Gasteiger partial charge in [-0.05, 0) is 30.5 Å². The SMILES string of the molecule is CC(CC(N)=S)N(C)Cc1ccc(C(C)(C)C)cc1. The summed E-state index contributed by atoms with van der Waals surface area (Å²) in [5.41, 5.74) is 8.50. The molecule has 0 fully saturated rings. The van der Waals surface area contributed by atoms with E-state index in [9.17, 15) is 0 Å². The van der Waals surface area contributed by atoms with Crippen LogP contribution in [0.25, 0.3) is 0 Å². The molecule has 0 spiro atoms. The van der Waals surface area contributed by atoms with Crippen LogP contribution < -0.4 is 5.73 Å². The van der Waals surface area contributed by atoms with Gasteiger partial charge in [-0.2, -0.15) is 0 Å². The summed E-state index contributed by atoms with van der Waals surface area (Å²) in [6.07, 6.45) is 0.770. The normalized spacial score (nSPS) is 13.6. The van der Waals surface area contributed by atoms with Crippen LogP contribution in [0.2, 0.25) is 0 Å². The Morgan fingerprint density at radius 1 is 1.26 bits per heavy atom. The topological polar surface area (TPSA) is 29.3 Å². The summed E-state index contributed by atoms with van der Waals surface area (Å²) in [6, 6.07) is 9.25. The third-order valence-electron chi connectivity index (χ3n) is 3.50. The van der Waals surface area contributed by atoms with Gasteiger partial charge in [-0.1, -0.05) is 57.3 Å². The lowest BCUT2D eigenvalue weighted by molar-refractivity contribution is 0.255. The third kappa shape index (κ3) is 5.29. The Morgan fingerprint density at radius 2 is 1.79 bits per heavy atom. The molecule has 0 bridgehead atoms. The molecule has 0 aliphatic rings. The van der Waals surface area contributed by atoms with Crippen LogP contribution in [0.4, 0.5) is 0 Å². The summed E-state index contributed by atoms with van der Waals surface area (Å²) in [5.74, 6) is 0. The number of hydrogen-bond donors (Lipinski definition) is 1. The van der Waals surface area contributed by atoms with Gasteiger partial charge in [0.25, 0.3) is 0 Å². The summed E-state index contributed by atoms with van der Waals surface area (Å²) in [6.45, 7) is 9.78. The van der Waals surface area contributed by atoms with Crippen LogP contribution in [0, 0.1) is 0 Å². The molecule has 3 heteroatoms. The zero-order valence-corrected chi connectivity index (χ0v) is 13.6. The highest BCUT2D eigenvalue weighted by molar-refractivity contribution is 7.80. The molecule has 0 aromatic heterocycles. The monoisotopic (exact) mass is 278 g/mol. The van der Waals surface area contributed by atoms with Gasteiger partial charge in [-0.25, -0.2) is 0 Å². The van der Waals surface area contributed by atoms with E-state index in [1.807, 2.05) is 0 Å². The standard InChI is InChI=1S/C16H26N2S/c1-12(10-15(17)19)18(5)11-13-6-8-14(9-7-13)16(2,3)4/h6-9,12H,10-11H2,1-5H3,(H2,17,19). The van der Waals surface area contributed by atoms with Crippen LogP contribution in [-0.4, -0.2) is 23.0 Å². The van der Waals surface area contributed by atoms with Crippen molar-refractivity contribution in [1.29, 1.82) is 0 Å². The fraction of sp³-hybridized carbons (Fsp3) is 0.562. The Bertz CT molecular complexity index is 417. The Labute approximate surface area is 123 Å². The van der Waals surface area contributed by atoms with Crippen molar-refractivity contribution in [3.05, 3.63) is 35.4 Å². The zero-order valence-electron chi connectivity index (χ0n) is 12.7. The molecule has 1 aromatic carbocycles. The van der Waals surface area contributed by atoms with Gasteiger partial charge < -0.3 is 5.73 Å². The first-order chi connectivity index (χ1) is 8.70. The number of benzene rings is 1. The largest absolute Gasteiger partial charge is 0.393 e. The lowest BCUT2D eigenvalue weighted by atomic mass is 9.87. The van der Waals surface area contributed by atoms with E-state index in [2.05, 4.69) is 63.9 Å². The van der Waals surface area contributed by atoms with Gasteiger partial charge in [0.1, 0.15) is 0 Å². The van der Waals surface area contributed by atoms with Gasteiger partial charge >= 0.3 is 0 Å². The smallest absolute Gasteiger partial charge is 0.0742 e. The first kappa shape index (κ1) is 16.1. The van der Waals surface area contributed by atoms with Gasteiger partial charge in [0.2, 0.25) is 0 Å². The zero-order chi connectivity index (χ0) is 14.6. The van der Waals surface area contributed by atoms with E-state index < -0.39 is 0 Å². The molecule has 0 saturated heterocycles. The Hall–Kier alpha value is -0.930. The maximum absolute atomic E-state index is 5.60. The van der Waals surface area contributed by atoms with E-state index >= 15 is 0 Å². The predicted molar refractivity (Wildman–Crippen MR) is 87.5 cm³/mol. The highest BCUT2D eigenvalue weighted by atomic mass is 32.1. The lowest BCUT2D eigenvalue weighted by Gasteiger charge is -2.25. The van der Waals surface area contributed by atoms with Crippen molar-refractivity contribution in [2.45, 2.75) is 52.1 Å². The number of rotatable bonds is 5. The maximum atomic E-state index is 5.60. The highest BCUT2D eigenvalue weighted by Gasteiger charge is 2.14. The molecular weight excluding hydrogens is 252 g/mol. The minimum atomic E-state index is 0.212. The number of nitrogens with zero attached hydrogens (tertiary/aromatic N) is 1. The van der Waals surface area contributed by atoms with Crippen LogP contribution >= 0.6 is 12.2 Å². The van der Waals surface area contributed by atoms with Crippen molar-refractivity contribution in [1.82, 2.24) is 4.90 Å². The molecule has 0 amide bonds. The Kier molecular flexibility index (Phi) is 5.50. The second-order valence-electron chi connectivity index (χ2n) is 6.38.